The van der Waals surface area contributed by atoms with E-state index >= 15 is 0 Å². The molecule has 0 saturated carbocycles. The maximum Gasteiger partial charge on any atom is 0.314 e. The SMILES string of the molecule is O=C(O)CSc1nc(-c2ccc(F)cn2)no1. The van der Waals surface area contributed by atoms with Crippen LogP contribution in [0.1, 0.15) is 0 Å². The lowest BCUT2D eigenvalue weighted by Crippen LogP contribution is -1.97. The fourth-order valence-corrected chi connectivity index (χ4v) is 1.49. The van der Waals surface area contributed by atoms with Gasteiger partial charge in [-0.2, -0.15) is 4.98 Å². The van der Waals surface area contributed by atoms with Crippen molar-refractivity contribution in [3.63, 3.8) is 0 Å². The Hall–Kier alpha value is -1.96. The molecule has 0 atom stereocenters. The van der Waals surface area contributed by atoms with Crippen molar-refractivity contribution in [1.29, 1.82) is 0 Å². The van der Waals surface area contributed by atoms with Gasteiger partial charge in [-0.1, -0.05) is 16.9 Å². The summed E-state index contributed by atoms with van der Waals surface area (Å²) in [5.74, 6) is -1.41. The molecular weight excluding hydrogens is 249 g/mol. The maximum atomic E-state index is 12.6. The third-order valence-electron chi connectivity index (χ3n) is 1.68. The molecule has 17 heavy (non-hydrogen) atoms. The zero-order valence-electron chi connectivity index (χ0n) is 8.33. The summed E-state index contributed by atoms with van der Waals surface area (Å²) in [5, 5.41) is 12.2. The molecule has 0 bridgehead atoms. The van der Waals surface area contributed by atoms with Gasteiger partial charge in [0.2, 0.25) is 5.82 Å². The lowest BCUT2D eigenvalue weighted by atomic mass is 10.3. The smallest absolute Gasteiger partial charge is 0.314 e. The Morgan fingerprint density at radius 2 is 2.35 bits per heavy atom. The summed E-state index contributed by atoms with van der Waals surface area (Å²) in [6.07, 6.45) is 1.04. The third kappa shape index (κ3) is 3.00. The van der Waals surface area contributed by atoms with E-state index in [2.05, 4.69) is 15.1 Å². The van der Waals surface area contributed by atoms with Crippen LogP contribution >= 0.6 is 11.8 Å². The van der Waals surface area contributed by atoms with Crippen LogP contribution < -0.4 is 0 Å². The average molecular weight is 255 g/mol. The molecular formula is C9H6FN3O3S. The molecule has 0 aromatic carbocycles. The van der Waals surface area contributed by atoms with Crippen molar-refractivity contribution in [3.05, 3.63) is 24.1 Å². The Labute approximate surface area is 98.9 Å². The zero-order chi connectivity index (χ0) is 12.3. The molecule has 0 aliphatic heterocycles. The van der Waals surface area contributed by atoms with Gasteiger partial charge in [-0.25, -0.2) is 9.37 Å². The van der Waals surface area contributed by atoms with Crippen molar-refractivity contribution in [2.24, 2.45) is 0 Å². The van der Waals surface area contributed by atoms with Crippen LogP contribution in [0, 0.1) is 5.82 Å². The summed E-state index contributed by atoms with van der Waals surface area (Å²) in [5.41, 5.74) is 0.359. The normalized spacial score (nSPS) is 10.4. The highest BCUT2D eigenvalue weighted by molar-refractivity contribution is 7.99. The molecule has 0 aliphatic carbocycles. The molecule has 88 valence electrons. The number of aromatic nitrogens is 3. The second-order valence-corrected chi connectivity index (χ2v) is 3.85. The first kappa shape index (κ1) is 11.5. The molecule has 2 aromatic rings. The molecule has 0 amide bonds. The number of nitrogens with zero attached hydrogens (tertiary/aromatic N) is 3. The first-order chi connectivity index (χ1) is 8.15. The molecule has 0 radical (unpaired) electrons. The van der Waals surface area contributed by atoms with Crippen molar-refractivity contribution in [1.82, 2.24) is 15.1 Å². The van der Waals surface area contributed by atoms with E-state index in [9.17, 15) is 9.18 Å². The predicted octanol–water partition coefficient (Wildman–Crippen LogP) is 1.45. The monoisotopic (exact) mass is 255 g/mol. The van der Waals surface area contributed by atoms with Gasteiger partial charge in [-0.05, 0) is 12.1 Å². The molecule has 0 saturated heterocycles. The van der Waals surface area contributed by atoms with E-state index in [1.165, 1.54) is 12.1 Å². The molecule has 2 heterocycles. The Balaban J connectivity index is 2.12. The first-order valence-electron chi connectivity index (χ1n) is 4.45. The van der Waals surface area contributed by atoms with E-state index in [0.29, 0.717) is 5.69 Å². The number of carboxylic acids is 1. The number of rotatable bonds is 4. The summed E-state index contributed by atoms with van der Waals surface area (Å²) in [6.45, 7) is 0. The molecule has 0 spiro atoms. The summed E-state index contributed by atoms with van der Waals surface area (Å²) >= 11 is 0.906. The van der Waals surface area contributed by atoms with Crippen LogP contribution in [0.4, 0.5) is 4.39 Å². The second kappa shape index (κ2) is 4.91. The number of carboxylic acid groups (broad SMARTS) is 1. The molecule has 6 nitrogen and oxygen atoms in total. The molecule has 8 heteroatoms. The van der Waals surface area contributed by atoms with E-state index in [1.807, 2.05) is 0 Å². The van der Waals surface area contributed by atoms with Gasteiger partial charge in [0.25, 0.3) is 5.22 Å². The number of hydrogen-bond donors (Lipinski definition) is 1. The van der Waals surface area contributed by atoms with E-state index in [1.54, 1.807) is 0 Å². The third-order valence-corrected chi connectivity index (χ3v) is 2.49. The van der Waals surface area contributed by atoms with E-state index in [0.717, 1.165) is 18.0 Å². The highest BCUT2D eigenvalue weighted by atomic mass is 32.2. The maximum absolute atomic E-state index is 12.6. The second-order valence-electron chi connectivity index (χ2n) is 2.93. The number of thioether (sulfide) groups is 1. The van der Waals surface area contributed by atoms with E-state index in [4.69, 9.17) is 9.63 Å². The minimum Gasteiger partial charge on any atom is -0.481 e. The number of carbonyl (C=O) groups is 1. The van der Waals surface area contributed by atoms with Crippen LogP contribution in [0.3, 0.4) is 0 Å². The van der Waals surface area contributed by atoms with Gasteiger partial charge in [0.1, 0.15) is 17.3 Å². The Morgan fingerprint density at radius 1 is 1.53 bits per heavy atom. The molecule has 0 unspecified atom stereocenters. The van der Waals surface area contributed by atoms with Crippen molar-refractivity contribution in [2.45, 2.75) is 5.22 Å². The van der Waals surface area contributed by atoms with Crippen LogP contribution in [-0.4, -0.2) is 32.0 Å². The number of pyridine rings is 1. The van der Waals surface area contributed by atoms with Crippen LogP contribution in [0.2, 0.25) is 0 Å². The van der Waals surface area contributed by atoms with Gasteiger partial charge in [0, 0.05) is 0 Å². The number of halogens is 1. The number of hydrogen-bond acceptors (Lipinski definition) is 6. The fraction of sp³-hybridized carbons (Fsp3) is 0.111. The van der Waals surface area contributed by atoms with Crippen molar-refractivity contribution < 1.29 is 18.8 Å². The van der Waals surface area contributed by atoms with Crippen molar-refractivity contribution in [3.8, 4) is 11.5 Å². The fourth-order valence-electron chi connectivity index (χ4n) is 1.00. The topological polar surface area (TPSA) is 89.1 Å². The van der Waals surface area contributed by atoms with Gasteiger partial charge < -0.3 is 9.63 Å². The molecule has 0 fully saturated rings. The Morgan fingerprint density at radius 3 is 3.00 bits per heavy atom. The summed E-state index contributed by atoms with van der Waals surface area (Å²) in [6, 6.07) is 2.63. The largest absolute Gasteiger partial charge is 0.481 e. The molecule has 2 rings (SSSR count). The van der Waals surface area contributed by atoms with Crippen molar-refractivity contribution >= 4 is 17.7 Å². The molecule has 2 aromatic heterocycles. The lowest BCUT2D eigenvalue weighted by Gasteiger charge is -1.91. The van der Waals surface area contributed by atoms with Gasteiger partial charge in [0.15, 0.2) is 0 Å². The van der Waals surface area contributed by atoms with Gasteiger partial charge in [-0.15, -0.1) is 0 Å². The van der Waals surface area contributed by atoms with Crippen LogP contribution in [-0.2, 0) is 4.79 Å². The first-order valence-corrected chi connectivity index (χ1v) is 5.44. The van der Waals surface area contributed by atoms with E-state index in [-0.39, 0.29) is 16.8 Å². The summed E-state index contributed by atoms with van der Waals surface area (Å²) in [4.78, 5) is 18.0. The summed E-state index contributed by atoms with van der Waals surface area (Å²) < 4.78 is 17.4. The predicted molar refractivity (Wildman–Crippen MR) is 55.8 cm³/mol. The highest BCUT2D eigenvalue weighted by Crippen LogP contribution is 2.19. The van der Waals surface area contributed by atoms with Gasteiger partial charge >= 0.3 is 5.97 Å². The Kier molecular flexibility index (Phi) is 3.33. The number of aliphatic carboxylic acids is 1. The standard InChI is InChI=1S/C9H6FN3O3S/c10-5-1-2-6(11-3-5)8-12-9(16-13-8)17-4-7(14)15/h1-3H,4H2,(H,14,15). The highest BCUT2D eigenvalue weighted by Gasteiger charge is 2.11. The quantitative estimate of drug-likeness (QED) is 0.827. The minimum absolute atomic E-state index is 0.133. The average Bonchev–Trinajstić information content (AvgIpc) is 2.76. The van der Waals surface area contributed by atoms with E-state index < -0.39 is 11.8 Å². The van der Waals surface area contributed by atoms with Crippen LogP contribution in [0.15, 0.2) is 28.1 Å². The Bertz CT molecular complexity index is 529. The lowest BCUT2D eigenvalue weighted by molar-refractivity contribution is -0.133. The molecule has 0 aliphatic rings. The van der Waals surface area contributed by atoms with Gasteiger partial charge in [0.05, 0.1) is 6.20 Å². The van der Waals surface area contributed by atoms with Crippen molar-refractivity contribution in [2.75, 3.05) is 5.75 Å². The summed E-state index contributed by atoms with van der Waals surface area (Å²) in [7, 11) is 0. The zero-order valence-corrected chi connectivity index (χ0v) is 9.15. The van der Waals surface area contributed by atoms with Crippen LogP contribution in [0.25, 0.3) is 11.5 Å². The van der Waals surface area contributed by atoms with Crippen LogP contribution in [0.5, 0.6) is 0 Å². The van der Waals surface area contributed by atoms with Gasteiger partial charge in [-0.3, -0.25) is 4.79 Å². The molecule has 1 N–H and O–H groups in total. The minimum atomic E-state index is -0.977.